The summed E-state index contributed by atoms with van der Waals surface area (Å²) >= 11 is 0. The third kappa shape index (κ3) is 5.47. The average Bonchev–Trinajstić information content (AvgIpc) is 3.01. The van der Waals surface area contributed by atoms with E-state index in [1.54, 1.807) is 0 Å². The van der Waals surface area contributed by atoms with E-state index in [2.05, 4.69) is 12.2 Å². The largest absolute Gasteiger partial charge is 0.490 e. The first-order chi connectivity index (χ1) is 15.6. The van der Waals surface area contributed by atoms with Gasteiger partial charge in [-0.3, -0.25) is 14.5 Å². The molecular weight excluding hydrogens is 450 g/mol. The van der Waals surface area contributed by atoms with Crippen molar-refractivity contribution in [3.63, 3.8) is 0 Å². The molecule has 3 rings (SSSR count). The number of nitrogens with zero attached hydrogens (tertiary/aromatic N) is 2. The van der Waals surface area contributed by atoms with Gasteiger partial charge in [-0.1, -0.05) is 13.3 Å². The second kappa shape index (κ2) is 10.1. The lowest BCUT2D eigenvalue weighted by molar-refractivity contribution is -0.148. The summed E-state index contributed by atoms with van der Waals surface area (Å²) in [6, 6.07) is 5.32. The van der Waals surface area contributed by atoms with E-state index in [1.807, 2.05) is 0 Å². The monoisotopic (exact) mass is 481 g/mol. The smallest absolute Gasteiger partial charge is 0.326 e. The lowest BCUT2D eigenvalue weighted by Crippen LogP contribution is -2.49. The van der Waals surface area contributed by atoms with Gasteiger partial charge in [0.1, 0.15) is 31.0 Å². The first-order valence-electron chi connectivity index (χ1n) is 11.0. The van der Waals surface area contributed by atoms with Gasteiger partial charge >= 0.3 is 12.0 Å². The quantitative estimate of drug-likeness (QED) is 0.324. The van der Waals surface area contributed by atoms with Gasteiger partial charge in [-0.15, -0.1) is 0 Å². The van der Waals surface area contributed by atoms with Crippen LogP contribution in [0.1, 0.15) is 39.0 Å². The van der Waals surface area contributed by atoms with Crippen molar-refractivity contribution in [2.45, 2.75) is 49.5 Å². The highest BCUT2D eigenvalue weighted by atomic mass is 32.2. The molecule has 1 saturated carbocycles. The number of amides is 3. The molecule has 2 fully saturated rings. The maximum Gasteiger partial charge on any atom is 0.326 e. The number of carbonyl (C=O) groups is 3. The van der Waals surface area contributed by atoms with Crippen LogP contribution in [0.3, 0.4) is 0 Å². The van der Waals surface area contributed by atoms with E-state index in [1.165, 1.54) is 38.4 Å². The molecule has 3 amide bonds. The summed E-state index contributed by atoms with van der Waals surface area (Å²) < 4.78 is 35.8. The van der Waals surface area contributed by atoms with Gasteiger partial charge < -0.3 is 14.8 Å². The average molecular weight is 482 g/mol. The summed E-state index contributed by atoms with van der Waals surface area (Å²) in [6.07, 6.45) is 3.98. The summed E-state index contributed by atoms with van der Waals surface area (Å²) in [5.41, 5.74) is -0.891. The zero-order valence-corrected chi connectivity index (χ0v) is 20.0. The molecule has 1 aromatic rings. The zero-order chi connectivity index (χ0) is 24.2. The van der Waals surface area contributed by atoms with E-state index in [0.29, 0.717) is 24.5 Å². The molecule has 1 heterocycles. The van der Waals surface area contributed by atoms with Crippen LogP contribution in [-0.4, -0.2) is 74.9 Å². The predicted molar refractivity (Wildman–Crippen MR) is 119 cm³/mol. The molecular formula is C22H31N3O7S. The van der Waals surface area contributed by atoms with Crippen molar-refractivity contribution in [1.82, 2.24) is 14.5 Å². The molecule has 1 saturated heterocycles. The van der Waals surface area contributed by atoms with Crippen LogP contribution < -0.4 is 10.1 Å². The van der Waals surface area contributed by atoms with E-state index in [4.69, 9.17) is 9.47 Å². The number of ether oxygens (including phenoxy) is 2. The third-order valence-electron chi connectivity index (χ3n) is 6.29. The van der Waals surface area contributed by atoms with Crippen molar-refractivity contribution in [1.29, 1.82) is 0 Å². The van der Waals surface area contributed by atoms with Crippen molar-refractivity contribution in [2.75, 3.05) is 33.9 Å². The predicted octanol–water partition coefficient (Wildman–Crippen LogP) is 1.75. The number of urea groups is 1. The molecule has 0 radical (unpaired) electrons. The van der Waals surface area contributed by atoms with Crippen LogP contribution in [0.4, 0.5) is 4.79 Å². The Morgan fingerprint density at radius 3 is 2.36 bits per heavy atom. The molecule has 1 aromatic carbocycles. The van der Waals surface area contributed by atoms with Crippen LogP contribution in [-0.2, 0) is 24.3 Å². The van der Waals surface area contributed by atoms with Gasteiger partial charge in [-0.2, -0.15) is 0 Å². The number of carbonyl (C=O) groups excluding carboxylic acids is 3. The highest BCUT2D eigenvalue weighted by Gasteiger charge is 2.52. The molecule has 33 heavy (non-hydrogen) atoms. The van der Waals surface area contributed by atoms with Crippen LogP contribution in [0.5, 0.6) is 5.75 Å². The molecule has 2 aliphatic rings. The van der Waals surface area contributed by atoms with Crippen LogP contribution >= 0.6 is 0 Å². The van der Waals surface area contributed by atoms with E-state index in [-0.39, 0.29) is 24.0 Å². The van der Waals surface area contributed by atoms with Crippen LogP contribution in [0, 0.1) is 5.92 Å². The molecule has 0 atom stereocenters. The normalized spacial score (nSPS) is 23.2. The Morgan fingerprint density at radius 1 is 1.15 bits per heavy atom. The SMILES string of the molecule is CCC1CCC2(CC1)NC(=O)N(CC(=O)OCCOc1ccc(S(=O)(=O)N(C)C)cc1)C2=O. The van der Waals surface area contributed by atoms with Gasteiger partial charge in [0, 0.05) is 14.1 Å². The number of sulfonamides is 1. The summed E-state index contributed by atoms with van der Waals surface area (Å²) in [7, 11) is -0.625. The standard InChI is InChI=1S/C22H31N3O7S/c1-4-16-9-11-22(12-10-16)20(27)25(21(28)23-22)15-19(26)32-14-13-31-17-5-7-18(8-6-17)33(29,30)24(2)3/h5-8,16H,4,9-15H2,1-3H3,(H,23,28). The fourth-order valence-corrected chi connectivity index (χ4v) is 5.05. The maximum absolute atomic E-state index is 12.8. The van der Waals surface area contributed by atoms with E-state index in [9.17, 15) is 22.8 Å². The lowest BCUT2D eigenvalue weighted by atomic mass is 9.75. The summed E-state index contributed by atoms with van der Waals surface area (Å²) in [4.78, 5) is 38.4. The lowest BCUT2D eigenvalue weighted by Gasteiger charge is -2.34. The molecule has 0 unspecified atom stereocenters. The van der Waals surface area contributed by atoms with Crippen LogP contribution in [0.25, 0.3) is 0 Å². The molecule has 10 nitrogen and oxygen atoms in total. The van der Waals surface area contributed by atoms with Gasteiger partial charge in [0.05, 0.1) is 4.90 Å². The van der Waals surface area contributed by atoms with Crippen molar-refractivity contribution in [3.8, 4) is 5.75 Å². The van der Waals surface area contributed by atoms with E-state index >= 15 is 0 Å². The Kier molecular flexibility index (Phi) is 7.63. The summed E-state index contributed by atoms with van der Waals surface area (Å²) in [5.74, 6) is -0.0766. The minimum Gasteiger partial charge on any atom is -0.490 e. The fraction of sp³-hybridized carbons (Fsp3) is 0.591. The molecule has 1 spiro atoms. The molecule has 1 aliphatic carbocycles. The molecule has 1 N–H and O–H groups in total. The summed E-state index contributed by atoms with van der Waals surface area (Å²) in [5, 5.41) is 2.79. The Bertz CT molecular complexity index is 984. The van der Waals surface area contributed by atoms with Crippen molar-refractivity contribution in [2.24, 2.45) is 5.92 Å². The van der Waals surface area contributed by atoms with E-state index < -0.39 is 34.1 Å². The Morgan fingerprint density at radius 2 is 1.79 bits per heavy atom. The first-order valence-corrected chi connectivity index (χ1v) is 12.5. The maximum atomic E-state index is 12.8. The molecule has 0 aromatic heterocycles. The fourth-order valence-electron chi connectivity index (χ4n) is 4.15. The zero-order valence-electron chi connectivity index (χ0n) is 19.2. The Labute approximate surface area is 194 Å². The minimum atomic E-state index is -3.52. The van der Waals surface area contributed by atoms with Crippen LogP contribution in [0.2, 0.25) is 0 Å². The second-order valence-corrected chi connectivity index (χ2v) is 10.7. The second-order valence-electron chi connectivity index (χ2n) is 8.58. The molecule has 182 valence electrons. The molecule has 11 heteroatoms. The Hall–Kier alpha value is -2.66. The van der Waals surface area contributed by atoms with Gasteiger partial charge in [0.2, 0.25) is 10.0 Å². The molecule has 1 aliphatic heterocycles. The van der Waals surface area contributed by atoms with Gasteiger partial charge in [-0.05, 0) is 55.9 Å². The third-order valence-corrected chi connectivity index (χ3v) is 8.12. The number of imide groups is 1. The number of benzene rings is 1. The Balaban J connectivity index is 1.44. The van der Waals surface area contributed by atoms with Gasteiger partial charge in [-0.25, -0.2) is 17.5 Å². The van der Waals surface area contributed by atoms with Crippen LogP contribution in [0.15, 0.2) is 29.2 Å². The highest BCUT2D eigenvalue weighted by molar-refractivity contribution is 7.89. The van der Waals surface area contributed by atoms with E-state index in [0.717, 1.165) is 28.5 Å². The number of rotatable bonds is 9. The number of nitrogens with one attached hydrogen (secondary N) is 1. The van der Waals surface area contributed by atoms with Crippen molar-refractivity contribution in [3.05, 3.63) is 24.3 Å². The number of esters is 1. The van der Waals surface area contributed by atoms with Crippen molar-refractivity contribution < 1.29 is 32.3 Å². The topological polar surface area (TPSA) is 122 Å². The first kappa shape index (κ1) is 25.0. The van der Waals surface area contributed by atoms with Gasteiger partial charge in [0.25, 0.3) is 5.91 Å². The number of hydrogen-bond donors (Lipinski definition) is 1. The highest BCUT2D eigenvalue weighted by Crippen LogP contribution is 2.37. The number of hydrogen-bond acceptors (Lipinski definition) is 7. The summed E-state index contributed by atoms with van der Waals surface area (Å²) in [6.45, 7) is 1.63. The molecule has 0 bridgehead atoms. The van der Waals surface area contributed by atoms with Gasteiger partial charge in [0.15, 0.2) is 0 Å². The van der Waals surface area contributed by atoms with Crippen molar-refractivity contribution >= 4 is 27.9 Å². The minimum absolute atomic E-state index is 0.0357.